The Balaban J connectivity index is 2.76. The zero-order valence-corrected chi connectivity index (χ0v) is 7.23. The van der Waals surface area contributed by atoms with E-state index in [1.807, 2.05) is 20.2 Å². The van der Waals surface area contributed by atoms with E-state index in [0.29, 0.717) is 0 Å². The van der Waals surface area contributed by atoms with Gasteiger partial charge in [0.15, 0.2) is 0 Å². The highest BCUT2D eigenvalue weighted by Crippen LogP contribution is 2.08. The third kappa shape index (κ3) is 2.62. The molecule has 1 rings (SSSR count). The maximum atomic E-state index is 9.10. The summed E-state index contributed by atoms with van der Waals surface area (Å²) in [4.78, 5) is 0. The lowest BCUT2D eigenvalue weighted by Crippen LogP contribution is -2.01. The van der Waals surface area contributed by atoms with Crippen LogP contribution in [-0.4, -0.2) is 30.4 Å². The topological polar surface area (TPSA) is 35.8 Å². The molecule has 0 unspecified atom stereocenters. The molecular weight excluding hydrogens is 152 g/mol. The maximum Gasteiger partial charge on any atom is 0.116 e. The summed E-state index contributed by atoms with van der Waals surface area (Å²) in [6.07, 6.45) is 1.69. The first-order valence-electron chi connectivity index (χ1n) is 3.69. The maximum absolute atomic E-state index is 9.10. The summed E-state index contributed by atoms with van der Waals surface area (Å²) in [5.74, 6) is 0.262. The van der Waals surface area contributed by atoms with Crippen molar-refractivity contribution in [1.82, 2.24) is 5.01 Å². The van der Waals surface area contributed by atoms with Gasteiger partial charge in [-0.2, -0.15) is 5.10 Å². The second-order valence-electron chi connectivity index (χ2n) is 2.69. The highest BCUT2D eigenvalue weighted by Gasteiger charge is 1.89. The van der Waals surface area contributed by atoms with E-state index in [0.717, 1.165) is 5.56 Å². The number of benzene rings is 1. The average molecular weight is 164 g/mol. The number of nitrogens with zero attached hydrogens (tertiary/aromatic N) is 2. The molecule has 1 aromatic carbocycles. The summed E-state index contributed by atoms with van der Waals surface area (Å²) >= 11 is 0. The van der Waals surface area contributed by atoms with Crippen LogP contribution in [0.25, 0.3) is 0 Å². The lowest BCUT2D eigenvalue weighted by atomic mass is 10.2. The van der Waals surface area contributed by atoms with Gasteiger partial charge >= 0.3 is 0 Å². The molecule has 1 aromatic rings. The van der Waals surface area contributed by atoms with Crippen LogP contribution in [0.3, 0.4) is 0 Å². The summed E-state index contributed by atoms with van der Waals surface area (Å²) in [5, 5.41) is 14.8. The molecule has 0 saturated carbocycles. The SMILES string of the molecule is CN(C)/N=C/c1cccc(O)c1. The number of aromatic hydroxyl groups is 1. The molecule has 0 fully saturated rings. The van der Waals surface area contributed by atoms with Crippen LogP contribution >= 0.6 is 0 Å². The Hall–Kier alpha value is -1.51. The van der Waals surface area contributed by atoms with Crippen molar-refractivity contribution in [2.24, 2.45) is 5.10 Å². The molecule has 3 heteroatoms. The number of phenols is 1. The van der Waals surface area contributed by atoms with Gasteiger partial charge in [0.25, 0.3) is 0 Å². The van der Waals surface area contributed by atoms with Gasteiger partial charge in [-0.3, -0.25) is 0 Å². The first kappa shape index (κ1) is 8.59. The largest absolute Gasteiger partial charge is 0.508 e. The third-order valence-electron chi connectivity index (χ3n) is 1.31. The summed E-state index contributed by atoms with van der Waals surface area (Å²) < 4.78 is 0. The molecule has 12 heavy (non-hydrogen) atoms. The second kappa shape index (κ2) is 3.76. The average Bonchev–Trinajstić information content (AvgIpc) is 2.01. The standard InChI is InChI=1S/C9H12N2O/c1-11(2)10-7-8-4-3-5-9(12)6-8/h3-7,12H,1-2H3/b10-7+. The zero-order valence-electron chi connectivity index (χ0n) is 7.23. The van der Waals surface area contributed by atoms with Crippen molar-refractivity contribution in [1.29, 1.82) is 0 Å². The summed E-state index contributed by atoms with van der Waals surface area (Å²) in [6, 6.07) is 6.96. The van der Waals surface area contributed by atoms with Crippen molar-refractivity contribution in [3.63, 3.8) is 0 Å². The normalized spacial score (nSPS) is 10.5. The number of rotatable bonds is 2. The zero-order chi connectivity index (χ0) is 8.97. The first-order valence-corrected chi connectivity index (χ1v) is 3.69. The van der Waals surface area contributed by atoms with Crippen molar-refractivity contribution < 1.29 is 5.11 Å². The smallest absolute Gasteiger partial charge is 0.116 e. The molecule has 0 saturated heterocycles. The minimum Gasteiger partial charge on any atom is -0.508 e. The Labute approximate surface area is 71.9 Å². The van der Waals surface area contributed by atoms with Gasteiger partial charge in [0.1, 0.15) is 5.75 Å². The Morgan fingerprint density at radius 1 is 1.42 bits per heavy atom. The van der Waals surface area contributed by atoms with E-state index in [-0.39, 0.29) is 5.75 Å². The first-order chi connectivity index (χ1) is 5.68. The molecule has 0 radical (unpaired) electrons. The lowest BCUT2D eigenvalue weighted by molar-refractivity contribution is 0.440. The minimum absolute atomic E-state index is 0.262. The summed E-state index contributed by atoms with van der Waals surface area (Å²) in [6.45, 7) is 0. The van der Waals surface area contributed by atoms with Crippen LogP contribution < -0.4 is 0 Å². The molecule has 0 spiro atoms. The van der Waals surface area contributed by atoms with Crippen molar-refractivity contribution in [2.75, 3.05) is 14.1 Å². The van der Waals surface area contributed by atoms with Gasteiger partial charge < -0.3 is 10.1 Å². The Morgan fingerprint density at radius 2 is 2.17 bits per heavy atom. The summed E-state index contributed by atoms with van der Waals surface area (Å²) in [5.41, 5.74) is 0.892. The van der Waals surface area contributed by atoms with Gasteiger partial charge in [-0.1, -0.05) is 12.1 Å². The predicted octanol–water partition coefficient (Wildman–Crippen LogP) is 1.29. The number of hydrazone groups is 1. The van der Waals surface area contributed by atoms with E-state index in [1.54, 1.807) is 29.4 Å². The minimum atomic E-state index is 0.262. The van der Waals surface area contributed by atoms with Gasteiger partial charge in [-0.05, 0) is 17.7 Å². The molecule has 0 aliphatic carbocycles. The molecule has 0 aliphatic heterocycles. The van der Waals surface area contributed by atoms with E-state index < -0.39 is 0 Å². The molecule has 0 amide bonds. The van der Waals surface area contributed by atoms with Crippen LogP contribution in [0.2, 0.25) is 0 Å². The Bertz CT molecular complexity index is 282. The van der Waals surface area contributed by atoms with Crippen LogP contribution in [0.4, 0.5) is 0 Å². The third-order valence-corrected chi connectivity index (χ3v) is 1.31. The number of hydrogen-bond donors (Lipinski definition) is 1. The van der Waals surface area contributed by atoms with Gasteiger partial charge in [0.2, 0.25) is 0 Å². The van der Waals surface area contributed by atoms with Crippen molar-refractivity contribution in [2.45, 2.75) is 0 Å². The van der Waals surface area contributed by atoms with Crippen LogP contribution in [0.5, 0.6) is 5.75 Å². The number of hydrogen-bond acceptors (Lipinski definition) is 3. The molecule has 1 N–H and O–H groups in total. The van der Waals surface area contributed by atoms with Gasteiger partial charge in [-0.25, -0.2) is 0 Å². The van der Waals surface area contributed by atoms with Crippen LogP contribution in [0.1, 0.15) is 5.56 Å². The fourth-order valence-corrected chi connectivity index (χ4v) is 0.787. The molecule has 0 heterocycles. The van der Waals surface area contributed by atoms with E-state index in [4.69, 9.17) is 5.11 Å². The highest BCUT2D eigenvalue weighted by atomic mass is 16.3. The monoisotopic (exact) mass is 164 g/mol. The Kier molecular flexibility index (Phi) is 2.69. The molecule has 3 nitrogen and oxygen atoms in total. The Morgan fingerprint density at radius 3 is 2.75 bits per heavy atom. The highest BCUT2D eigenvalue weighted by molar-refractivity contribution is 5.79. The quantitative estimate of drug-likeness (QED) is 0.528. The molecular formula is C9H12N2O. The fourth-order valence-electron chi connectivity index (χ4n) is 0.787. The predicted molar refractivity (Wildman–Crippen MR) is 49.4 cm³/mol. The van der Waals surface area contributed by atoms with E-state index in [2.05, 4.69) is 5.10 Å². The van der Waals surface area contributed by atoms with Crippen LogP contribution in [0, 0.1) is 0 Å². The van der Waals surface area contributed by atoms with E-state index in [9.17, 15) is 0 Å². The van der Waals surface area contributed by atoms with Gasteiger partial charge in [0.05, 0.1) is 6.21 Å². The lowest BCUT2D eigenvalue weighted by Gasteiger charge is -2.01. The second-order valence-corrected chi connectivity index (χ2v) is 2.69. The van der Waals surface area contributed by atoms with Crippen molar-refractivity contribution >= 4 is 6.21 Å². The van der Waals surface area contributed by atoms with Crippen LogP contribution in [-0.2, 0) is 0 Å². The van der Waals surface area contributed by atoms with Gasteiger partial charge in [0, 0.05) is 14.1 Å². The number of phenolic OH excluding ortho intramolecular Hbond substituents is 1. The van der Waals surface area contributed by atoms with E-state index >= 15 is 0 Å². The van der Waals surface area contributed by atoms with Crippen LogP contribution in [0.15, 0.2) is 29.4 Å². The van der Waals surface area contributed by atoms with Gasteiger partial charge in [-0.15, -0.1) is 0 Å². The molecule has 0 atom stereocenters. The molecule has 0 aromatic heterocycles. The molecule has 0 bridgehead atoms. The molecule has 0 aliphatic rings. The summed E-state index contributed by atoms with van der Waals surface area (Å²) in [7, 11) is 3.69. The fraction of sp³-hybridized carbons (Fsp3) is 0.222. The van der Waals surface area contributed by atoms with E-state index in [1.165, 1.54) is 0 Å². The molecule has 64 valence electrons. The van der Waals surface area contributed by atoms with Crippen molar-refractivity contribution in [3.8, 4) is 5.75 Å². The van der Waals surface area contributed by atoms with Crippen molar-refractivity contribution in [3.05, 3.63) is 29.8 Å².